The summed E-state index contributed by atoms with van der Waals surface area (Å²) in [6.07, 6.45) is 0. The van der Waals surface area contributed by atoms with Crippen LogP contribution in [0.15, 0.2) is 28.7 Å². The highest BCUT2D eigenvalue weighted by Gasteiger charge is 2.07. The fourth-order valence-corrected chi connectivity index (χ4v) is 1.51. The predicted molar refractivity (Wildman–Crippen MR) is 58.4 cm³/mol. The normalized spacial score (nSPS) is 11.9. The SMILES string of the molecule is CC(NC(=O)NN)c1cccc(Br)c1. The van der Waals surface area contributed by atoms with E-state index in [-0.39, 0.29) is 6.04 Å². The standard InChI is InChI=1S/C9H12BrN3O/c1-6(12-9(14)13-11)7-3-2-4-8(10)5-7/h2-6H,11H2,1H3,(H2,12,13,14). The number of benzene rings is 1. The van der Waals surface area contributed by atoms with Gasteiger partial charge in [0.2, 0.25) is 0 Å². The van der Waals surface area contributed by atoms with Crippen molar-refractivity contribution in [3.8, 4) is 0 Å². The first kappa shape index (κ1) is 11.0. The summed E-state index contributed by atoms with van der Waals surface area (Å²) in [5.74, 6) is 4.96. The fraction of sp³-hybridized carbons (Fsp3) is 0.222. The third-order valence-electron chi connectivity index (χ3n) is 1.83. The van der Waals surface area contributed by atoms with Crippen LogP contribution in [0.2, 0.25) is 0 Å². The van der Waals surface area contributed by atoms with Gasteiger partial charge in [0.25, 0.3) is 0 Å². The first-order chi connectivity index (χ1) is 6.63. The molecule has 2 amide bonds. The number of carbonyl (C=O) groups excluding carboxylic acids is 1. The smallest absolute Gasteiger partial charge is 0.329 e. The molecular weight excluding hydrogens is 246 g/mol. The number of carbonyl (C=O) groups is 1. The van der Waals surface area contributed by atoms with E-state index < -0.39 is 6.03 Å². The molecule has 0 fully saturated rings. The van der Waals surface area contributed by atoms with E-state index in [1.165, 1.54) is 0 Å². The van der Waals surface area contributed by atoms with E-state index >= 15 is 0 Å². The van der Waals surface area contributed by atoms with Crippen LogP contribution in [0.25, 0.3) is 0 Å². The van der Waals surface area contributed by atoms with E-state index in [1.807, 2.05) is 36.6 Å². The van der Waals surface area contributed by atoms with E-state index in [9.17, 15) is 4.79 Å². The molecule has 0 saturated heterocycles. The minimum atomic E-state index is -0.391. The van der Waals surface area contributed by atoms with Crippen LogP contribution < -0.4 is 16.6 Å². The van der Waals surface area contributed by atoms with Gasteiger partial charge in [0.15, 0.2) is 0 Å². The van der Waals surface area contributed by atoms with E-state index in [2.05, 4.69) is 21.2 Å². The first-order valence-electron chi connectivity index (χ1n) is 4.16. The maximum Gasteiger partial charge on any atom is 0.329 e. The molecule has 0 aliphatic carbocycles. The summed E-state index contributed by atoms with van der Waals surface area (Å²) in [5.41, 5.74) is 3.04. The van der Waals surface area contributed by atoms with Gasteiger partial charge in [0.1, 0.15) is 0 Å². The van der Waals surface area contributed by atoms with Crippen LogP contribution in [0.4, 0.5) is 4.79 Å². The molecule has 4 nitrogen and oxygen atoms in total. The molecular formula is C9H12BrN3O. The van der Waals surface area contributed by atoms with Gasteiger partial charge in [-0.3, -0.25) is 5.43 Å². The monoisotopic (exact) mass is 257 g/mol. The van der Waals surface area contributed by atoms with Crippen molar-refractivity contribution in [3.05, 3.63) is 34.3 Å². The van der Waals surface area contributed by atoms with Crippen molar-refractivity contribution < 1.29 is 4.79 Å². The first-order valence-corrected chi connectivity index (χ1v) is 4.95. The topological polar surface area (TPSA) is 67.2 Å². The third-order valence-corrected chi connectivity index (χ3v) is 2.32. The predicted octanol–water partition coefficient (Wildman–Crippen LogP) is 1.68. The Balaban J connectivity index is 2.69. The van der Waals surface area contributed by atoms with Crippen molar-refractivity contribution in [2.45, 2.75) is 13.0 Å². The molecule has 0 aliphatic heterocycles. The Labute approximate surface area is 91.0 Å². The van der Waals surface area contributed by atoms with E-state index in [4.69, 9.17) is 5.84 Å². The van der Waals surface area contributed by atoms with Gasteiger partial charge in [0, 0.05) is 4.47 Å². The maximum atomic E-state index is 10.9. The molecule has 0 bridgehead atoms. The second-order valence-electron chi connectivity index (χ2n) is 2.89. The minimum Gasteiger partial charge on any atom is -0.331 e. The summed E-state index contributed by atoms with van der Waals surface area (Å²) in [4.78, 5) is 10.9. The quantitative estimate of drug-likeness (QED) is 0.429. The van der Waals surface area contributed by atoms with Gasteiger partial charge in [-0.05, 0) is 24.6 Å². The molecule has 14 heavy (non-hydrogen) atoms. The number of hydrazine groups is 1. The highest BCUT2D eigenvalue weighted by atomic mass is 79.9. The van der Waals surface area contributed by atoms with Crippen molar-refractivity contribution in [2.24, 2.45) is 5.84 Å². The number of hydrogen-bond donors (Lipinski definition) is 3. The van der Waals surface area contributed by atoms with Crippen molar-refractivity contribution >= 4 is 22.0 Å². The number of rotatable bonds is 2. The van der Waals surface area contributed by atoms with Crippen LogP contribution >= 0.6 is 15.9 Å². The Bertz CT molecular complexity index is 330. The molecule has 76 valence electrons. The largest absolute Gasteiger partial charge is 0.331 e. The molecule has 1 rings (SSSR count). The van der Waals surface area contributed by atoms with Gasteiger partial charge >= 0.3 is 6.03 Å². The number of hydrogen-bond acceptors (Lipinski definition) is 2. The lowest BCUT2D eigenvalue weighted by Gasteiger charge is -2.13. The van der Waals surface area contributed by atoms with Crippen LogP contribution in [0.5, 0.6) is 0 Å². The zero-order valence-corrected chi connectivity index (χ0v) is 9.34. The minimum absolute atomic E-state index is 0.0731. The molecule has 0 aliphatic rings. The summed E-state index contributed by atoms with van der Waals surface area (Å²) >= 11 is 3.36. The highest BCUT2D eigenvalue weighted by Crippen LogP contribution is 2.17. The number of halogens is 1. The zero-order chi connectivity index (χ0) is 10.6. The van der Waals surface area contributed by atoms with Crippen molar-refractivity contribution in [1.29, 1.82) is 0 Å². The van der Waals surface area contributed by atoms with Crippen LogP contribution in [0, 0.1) is 0 Å². The average molecular weight is 258 g/mol. The lowest BCUT2D eigenvalue weighted by atomic mass is 10.1. The molecule has 1 atom stereocenters. The van der Waals surface area contributed by atoms with Gasteiger partial charge in [0.05, 0.1) is 6.04 Å². The zero-order valence-electron chi connectivity index (χ0n) is 7.75. The van der Waals surface area contributed by atoms with E-state index in [1.54, 1.807) is 0 Å². The maximum absolute atomic E-state index is 10.9. The van der Waals surface area contributed by atoms with Crippen LogP contribution in [0.3, 0.4) is 0 Å². The second kappa shape index (κ2) is 4.97. The van der Waals surface area contributed by atoms with Gasteiger partial charge in [-0.2, -0.15) is 0 Å². The van der Waals surface area contributed by atoms with Gasteiger partial charge in [-0.1, -0.05) is 28.1 Å². The molecule has 0 heterocycles. The summed E-state index contributed by atoms with van der Waals surface area (Å²) in [7, 11) is 0. The number of amides is 2. The molecule has 1 unspecified atom stereocenters. The van der Waals surface area contributed by atoms with Crippen LogP contribution in [-0.4, -0.2) is 6.03 Å². The summed E-state index contributed by atoms with van der Waals surface area (Å²) in [6, 6.07) is 7.26. The third kappa shape index (κ3) is 3.01. The lowest BCUT2D eigenvalue weighted by Crippen LogP contribution is -2.40. The van der Waals surface area contributed by atoms with Crippen LogP contribution in [-0.2, 0) is 0 Å². The molecule has 5 heteroatoms. The summed E-state index contributed by atoms with van der Waals surface area (Å²) in [5, 5.41) is 2.68. The average Bonchev–Trinajstić information content (AvgIpc) is 2.17. The van der Waals surface area contributed by atoms with Crippen molar-refractivity contribution in [1.82, 2.24) is 10.7 Å². The van der Waals surface area contributed by atoms with Gasteiger partial charge in [-0.25, -0.2) is 10.6 Å². The summed E-state index contributed by atoms with van der Waals surface area (Å²) < 4.78 is 0.983. The molecule has 1 aromatic carbocycles. The van der Waals surface area contributed by atoms with Crippen molar-refractivity contribution in [2.75, 3.05) is 0 Å². The van der Waals surface area contributed by atoms with E-state index in [0.717, 1.165) is 10.0 Å². The molecule has 0 radical (unpaired) electrons. The fourth-order valence-electron chi connectivity index (χ4n) is 1.10. The van der Waals surface area contributed by atoms with Gasteiger partial charge in [-0.15, -0.1) is 0 Å². The Morgan fingerprint density at radius 3 is 2.86 bits per heavy atom. The Hall–Kier alpha value is -1.07. The van der Waals surface area contributed by atoms with Crippen molar-refractivity contribution in [3.63, 3.8) is 0 Å². The molecule has 0 spiro atoms. The molecule has 1 aromatic rings. The Morgan fingerprint density at radius 1 is 1.57 bits per heavy atom. The molecule has 0 aromatic heterocycles. The number of nitrogens with one attached hydrogen (secondary N) is 2. The Morgan fingerprint density at radius 2 is 2.29 bits per heavy atom. The van der Waals surface area contributed by atoms with Crippen LogP contribution in [0.1, 0.15) is 18.5 Å². The molecule has 4 N–H and O–H groups in total. The highest BCUT2D eigenvalue weighted by molar-refractivity contribution is 9.10. The number of urea groups is 1. The Kier molecular flexibility index (Phi) is 3.91. The lowest BCUT2D eigenvalue weighted by molar-refractivity contribution is 0.238. The van der Waals surface area contributed by atoms with Gasteiger partial charge < -0.3 is 5.32 Å². The molecule has 0 saturated carbocycles. The second-order valence-corrected chi connectivity index (χ2v) is 3.81. The van der Waals surface area contributed by atoms with E-state index in [0.29, 0.717) is 0 Å². The summed E-state index contributed by atoms with van der Waals surface area (Å²) in [6.45, 7) is 1.89. The number of nitrogens with two attached hydrogens (primary N) is 1.